The molecule has 0 aliphatic heterocycles. The SMILES string of the molecule is CC(C)(C)CNc1c(/N=N/c2ccc(-c3ccc(/N=N/c4cc(NCC(C)(C)C)c5ccccc5c4S(=O)(=O)O)cc3)cc2)ccc2ccccc12. The molecule has 10 heteroatoms. The zero-order chi connectivity index (χ0) is 37.1. The van der Waals surface area contributed by atoms with Crippen LogP contribution in [-0.2, 0) is 10.1 Å². The second kappa shape index (κ2) is 14.7. The van der Waals surface area contributed by atoms with Gasteiger partial charge in [-0.05, 0) is 63.7 Å². The van der Waals surface area contributed by atoms with Crippen molar-refractivity contribution in [3.05, 3.63) is 115 Å². The van der Waals surface area contributed by atoms with Crippen LogP contribution in [-0.4, -0.2) is 26.1 Å². The van der Waals surface area contributed by atoms with Crippen LogP contribution in [0.4, 0.5) is 34.1 Å². The molecule has 0 saturated carbocycles. The van der Waals surface area contributed by atoms with Crippen molar-refractivity contribution >= 4 is 65.8 Å². The molecule has 0 unspecified atom stereocenters. The van der Waals surface area contributed by atoms with E-state index in [1.54, 1.807) is 18.2 Å². The minimum absolute atomic E-state index is 0.0257. The summed E-state index contributed by atoms with van der Waals surface area (Å²) in [7, 11) is -4.61. The lowest BCUT2D eigenvalue weighted by molar-refractivity contribution is 0.443. The van der Waals surface area contributed by atoms with Crippen molar-refractivity contribution in [2.75, 3.05) is 23.7 Å². The van der Waals surface area contributed by atoms with Crippen LogP contribution in [0.2, 0.25) is 0 Å². The average Bonchev–Trinajstić information content (AvgIpc) is 3.10. The van der Waals surface area contributed by atoms with E-state index in [4.69, 9.17) is 0 Å². The van der Waals surface area contributed by atoms with Crippen LogP contribution in [0, 0.1) is 10.8 Å². The van der Waals surface area contributed by atoms with Gasteiger partial charge in [0.05, 0.1) is 17.1 Å². The molecule has 6 aromatic carbocycles. The van der Waals surface area contributed by atoms with Crippen LogP contribution in [0.15, 0.2) is 141 Å². The highest BCUT2D eigenvalue weighted by Gasteiger charge is 2.23. The molecule has 0 aromatic heterocycles. The Morgan fingerprint density at radius 2 is 1.06 bits per heavy atom. The first kappa shape index (κ1) is 36.3. The molecule has 0 aliphatic carbocycles. The summed E-state index contributed by atoms with van der Waals surface area (Å²) >= 11 is 0. The Morgan fingerprint density at radius 1 is 0.558 bits per heavy atom. The molecule has 6 rings (SSSR count). The van der Waals surface area contributed by atoms with Crippen molar-refractivity contribution in [1.29, 1.82) is 0 Å². The van der Waals surface area contributed by atoms with Gasteiger partial charge < -0.3 is 10.6 Å². The van der Waals surface area contributed by atoms with Gasteiger partial charge in [0.25, 0.3) is 10.1 Å². The predicted octanol–water partition coefficient (Wildman–Crippen LogP) is 12.7. The van der Waals surface area contributed by atoms with E-state index >= 15 is 0 Å². The minimum Gasteiger partial charge on any atom is -0.384 e. The van der Waals surface area contributed by atoms with Crippen LogP contribution in [0.3, 0.4) is 0 Å². The number of fused-ring (bicyclic) bond motifs is 2. The topological polar surface area (TPSA) is 128 Å². The molecule has 0 bridgehead atoms. The van der Waals surface area contributed by atoms with E-state index in [1.165, 1.54) is 0 Å². The van der Waals surface area contributed by atoms with E-state index in [9.17, 15) is 13.0 Å². The quantitative estimate of drug-likeness (QED) is 0.0962. The second-order valence-corrected chi connectivity index (χ2v) is 16.7. The van der Waals surface area contributed by atoms with Gasteiger partial charge in [0, 0.05) is 34.9 Å². The monoisotopic (exact) mass is 712 g/mol. The van der Waals surface area contributed by atoms with Gasteiger partial charge in [-0.1, -0.05) is 120 Å². The van der Waals surface area contributed by atoms with E-state index in [2.05, 4.69) is 90.8 Å². The zero-order valence-electron chi connectivity index (χ0n) is 30.3. The normalized spacial score (nSPS) is 12.7. The summed E-state index contributed by atoms with van der Waals surface area (Å²) in [6, 6.07) is 36.3. The van der Waals surface area contributed by atoms with Crippen LogP contribution < -0.4 is 10.6 Å². The highest BCUT2D eigenvalue weighted by molar-refractivity contribution is 7.86. The number of hydrogen-bond donors (Lipinski definition) is 3. The van der Waals surface area contributed by atoms with Crippen molar-refractivity contribution in [3.8, 4) is 11.1 Å². The fourth-order valence-corrected chi connectivity index (χ4v) is 6.55. The van der Waals surface area contributed by atoms with E-state index < -0.39 is 10.1 Å². The van der Waals surface area contributed by atoms with Crippen LogP contribution >= 0.6 is 0 Å². The van der Waals surface area contributed by atoms with Gasteiger partial charge in [-0.25, -0.2) is 0 Å². The predicted molar refractivity (Wildman–Crippen MR) is 214 cm³/mol. The number of nitrogens with one attached hydrogen (secondary N) is 2. The van der Waals surface area contributed by atoms with Crippen LogP contribution in [0.25, 0.3) is 32.7 Å². The molecule has 52 heavy (non-hydrogen) atoms. The number of benzene rings is 6. The Labute approximate surface area is 305 Å². The summed E-state index contributed by atoms with van der Waals surface area (Å²) in [5.74, 6) is 0. The number of hydrogen-bond acceptors (Lipinski definition) is 8. The molecule has 0 saturated heterocycles. The summed E-state index contributed by atoms with van der Waals surface area (Å²) in [6.07, 6.45) is 0. The van der Waals surface area contributed by atoms with Crippen molar-refractivity contribution in [1.82, 2.24) is 0 Å². The molecular formula is C42H44N6O3S. The number of anilines is 2. The van der Waals surface area contributed by atoms with E-state index in [0.717, 1.165) is 45.5 Å². The first-order valence-electron chi connectivity index (χ1n) is 17.2. The maximum Gasteiger partial charge on any atom is 0.297 e. The molecule has 9 nitrogen and oxygen atoms in total. The molecule has 0 heterocycles. The van der Waals surface area contributed by atoms with Crippen LogP contribution in [0.5, 0.6) is 0 Å². The lowest BCUT2D eigenvalue weighted by Crippen LogP contribution is -2.19. The summed E-state index contributed by atoms with van der Waals surface area (Å²) in [5, 5.41) is 28.2. The van der Waals surface area contributed by atoms with Gasteiger partial charge in [0.2, 0.25) is 0 Å². The van der Waals surface area contributed by atoms with Gasteiger partial charge in [0.15, 0.2) is 0 Å². The van der Waals surface area contributed by atoms with Gasteiger partial charge in [-0.3, -0.25) is 4.55 Å². The summed E-state index contributed by atoms with van der Waals surface area (Å²) in [6.45, 7) is 14.3. The van der Waals surface area contributed by atoms with E-state index in [0.29, 0.717) is 28.7 Å². The molecule has 0 aliphatic rings. The molecular weight excluding hydrogens is 669 g/mol. The van der Waals surface area contributed by atoms with Gasteiger partial charge in [0.1, 0.15) is 16.3 Å². The van der Waals surface area contributed by atoms with Crippen molar-refractivity contribution in [2.45, 2.75) is 46.4 Å². The maximum absolute atomic E-state index is 12.6. The lowest BCUT2D eigenvalue weighted by Gasteiger charge is -2.21. The van der Waals surface area contributed by atoms with E-state index in [-0.39, 0.29) is 21.4 Å². The third-order valence-corrected chi connectivity index (χ3v) is 9.30. The molecule has 0 atom stereocenters. The summed E-state index contributed by atoms with van der Waals surface area (Å²) in [5.41, 5.74) is 5.78. The second-order valence-electron chi connectivity index (χ2n) is 15.3. The number of rotatable bonds is 10. The number of nitrogens with zero attached hydrogens (tertiary/aromatic N) is 4. The lowest BCUT2D eigenvalue weighted by atomic mass is 9.96. The third kappa shape index (κ3) is 8.88. The Kier molecular flexibility index (Phi) is 10.2. The average molecular weight is 713 g/mol. The Balaban J connectivity index is 1.22. The molecule has 0 spiro atoms. The zero-order valence-corrected chi connectivity index (χ0v) is 31.2. The maximum atomic E-state index is 12.6. The largest absolute Gasteiger partial charge is 0.384 e. The fourth-order valence-electron chi connectivity index (χ4n) is 5.73. The highest BCUT2D eigenvalue weighted by atomic mass is 32.2. The summed E-state index contributed by atoms with van der Waals surface area (Å²) in [4.78, 5) is -0.278. The molecule has 0 radical (unpaired) electrons. The Bertz CT molecular complexity index is 2390. The first-order chi connectivity index (χ1) is 24.6. The third-order valence-electron chi connectivity index (χ3n) is 8.36. The molecule has 266 valence electrons. The minimum atomic E-state index is -4.61. The van der Waals surface area contributed by atoms with E-state index in [1.807, 2.05) is 78.9 Å². The Morgan fingerprint density at radius 3 is 1.62 bits per heavy atom. The smallest absolute Gasteiger partial charge is 0.297 e. The van der Waals surface area contributed by atoms with Gasteiger partial charge in [-0.15, -0.1) is 10.2 Å². The van der Waals surface area contributed by atoms with Crippen molar-refractivity contribution in [2.24, 2.45) is 31.3 Å². The molecule has 3 N–H and O–H groups in total. The summed E-state index contributed by atoms with van der Waals surface area (Å²) < 4.78 is 35.4. The van der Waals surface area contributed by atoms with Crippen molar-refractivity contribution in [3.63, 3.8) is 0 Å². The first-order valence-corrected chi connectivity index (χ1v) is 18.7. The molecule has 6 aromatic rings. The standard InChI is InChI=1S/C42H44N6O3S/c1-41(2,3)26-43-37-25-38(40(52(49,50)51)35-14-10-9-13-34(35)37)48-46-32-22-17-29(18-23-32)28-15-20-31(21-16-28)45-47-36-24-19-30-11-7-8-12-33(30)39(36)44-27-42(4,5)6/h7-25,43-44H,26-27H2,1-6H3,(H,49,50,51)/b47-45+,48-46+. The van der Waals surface area contributed by atoms with Gasteiger partial charge >= 0.3 is 0 Å². The number of azo groups is 2. The highest BCUT2D eigenvalue weighted by Crippen LogP contribution is 2.39. The van der Waals surface area contributed by atoms with Gasteiger partial charge in [-0.2, -0.15) is 18.6 Å². The molecule has 0 fully saturated rings. The van der Waals surface area contributed by atoms with Crippen molar-refractivity contribution < 1.29 is 13.0 Å². The Hall–Kier alpha value is -5.45. The van der Waals surface area contributed by atoms with Crippen LogP contribution in [0.1, 0.15) is 41.5 Å². The fraction of sp³-hybridized carbons (Fsp3) is 0.238. The molecule has 0 amide bonds.